The Morgan fingerprint density at radius 3 is 2.93 bits per heavy atom. The molecule has 0 aliphatic carbocycles. The van der Waals surface area contributed by atoms with Gasteiger partial charge in [0.15, 0.2) is 5.78 Å². The van der Waals surface area contributed by atoms with Crippen LogP contribution >= 0.6 is 11.3 Å². The van der Waals surface area contributed by atoms with Gasteiger partial charge in [-0.05, 0) is 29.3 Å². The number of nitrogens with zero attached hydrogens (tertiary/aromatic N) is 2. The molecule has 15 heavy (non-hydrogen) atoms. The fourth-order valence-corrected chi connectivity index (χ4v) is 2.08. The predicted octanol–water partition coefficient (Wildman–Crippen LogP) is 2.50. The van der Waals surface area contributed by atoms with Gasteiger partial charge in [0.1, 0.15) is 11.5 Å². The van der Waals surface area contributed by atoms with Gasteiger partial charge in [-0.1, -0.05) is 0 Å². The topological polar surface area (TPSA) is 34.9 Å². The molecule has 3 nitrogen and oxygen atoms in total. The lowest BCUT2D eigenvalue weighted by molar-refractivity contribution is 0.101. The summed E-state index contributed by atoms with van der Waals surface area (Å²) in [4.78, 5) is 15.3. The van der Waals surface area contributed by atoms with E-state index in [2.05, 4.69) is 16.4 Å². The molecule has 0 bridgehead atoms. The lowest BCUT2D eigenvalue weighted by Gasteiger charge is -2.01. The van der Waals surface area contributed by atoms with E-state index in [1.54, 1.807) is 11.3 Å². The second-order valence-corrected chi connectivity index (χ2v) is 4.27. The molecule has 4 heteroatoms. The van der Waals surface area contributed by atoms with E-state index in [1.165, 1.54) is 12.5 Å². The van der Waals surface area contributed by atoms with Gasteiger partial charge in [0, 0.05) is 19.7 Å². The van der Waals surface area contributed by atoms with Crippen LogP contribution in [0, 0.1) is 6.92 Å². The van der Waals surface area contributed by atoms with Crippen LogP contribution in [0.1, 0.15) is 28.8 Å². The predicted molar refractivity (Wildman–Crippen MR) is 60.4 cm³/mol. The van der Waals surface area contributed by atoms with Crippen molar-refractivity contribution in [2.24, 2.45) is 0 Å². The van der Waals surface area contributed by atoms with Crippen molar-refractivity contribution in [1.82, 2.24) is 9.55 Å². The molecule has 0 unspecified atom stereocenters. The summed E-state index contributed by atoms with van der Waals surface area (Å²) in [6, 6.07) is 2.08. The highest BCUT2D eigenvalue weighted by Crippen LogP contribution is 2.11. The van der Waals surface area contributed by atoms with Crippen LogP contribution in [0.15, 0.2) is 23.0 Å². The molecule has 2 aromatic rings. The minimum absolute atomic E-state index is 0.0159. The van der Waals surface area contributed by atoms with Gasteiger partial charge in [0.25, 0.3) is 0 Å². The van der Waals surface area contributed by atoms with Crippen molar-refractivity contribution >= 4 is 17.1 Å². The molecule has 0 spiro atoms. The van der Waals surface area contributed by atoms with Crippen LogP contribution in [-0.4, -0.2) is 15.3 Å². The first-order valence-corrected chi connectivity index (χ1v) is 5.67. The molecule has 0 aliphatic rings. The average molecular weight is 220 g/mol. The maximum absolute atomic E-state index is 11.1. The van der Waals surface area contributed by atoms with Crippen molar-refractivity contribution in [3.8, 4) is 0 Å². The summed E-state index contributed by atoms with van der Waals surface area (Å²) in [6.45, 7) is 4.24. The standard InChI is InChI=1S/C11H12N2OS/c1-8(14)11-6-13(9(2)12-11)5-10-3-4-15-7-10/h3-4,6-7H,5H2,1-2H3. The normalized spacial score (nSPS) is 10.5. The Morgan fingerprint density at radius 2 is 2.40 bits per heavy atom. The SMILES string of the molecule is CC(=O)c1cn(Cc2ccsc2)c(C)n1. The van der Waals surface area contributed by atoms with Crippen molar-refractivity contribution in [2.75, 3.05) is 0 Å². The first-order chi connectivity index (χ1) is 7.16. The molecule has 0 fully saturated rings. The summed E-state index contributed by atoms with van der Waals surface area (Å²) in [5.74, 6) is 0.897. The largest absolute Gasteiger partial charge is 0.330 e. The zero-order chi connectivity index (χ0) is 10.8. The first-order valence-electron chi connectivity index (χ1n) is 4.72. The number of aryl methyl sites for hydroxylation is 1. The van der Waals surface area contributed by atoms with Crippen molar-refractivity contribution in [2.45, 2.75) is 20.4 Å². The Kier molecular flexibility index (Phi) is 2.68. The van der Waals surface area contributed by atoms with Gasteiger partial charge in [0.05, 0.1) is 0 Å². The van der Waals surface area contributed by atoms with E-state index in [0.717, 1.165) is 12.4 Å². The van der Waals surface area contributed by atoms with Crippen LogP contribution in [0.5, 0.6) is 0 Å². The molecule has 0 radical (unpaired) electrons. The number of rotatable bonds is 3. The molecule has 2 aromatic heterocycles. The van der Waals surface area contributed by atoms with Crippen LogP contribution in [0.25, 0.3) is 0 Å². The van der Waals surface area contributed by atoms with E-state index in [1.807, 2.05) is 23.1 Å². The number of carbonyl (C=O) groups excluding carboxylic acids is 1. The van der Waals surface area contributed by atoms with E-state index < -0.39 is 0 Å². The maximum atomic E-state index is 11.1. The average Bonchev–Trinajstić information content (AvgIpc) is 2.77. The van der Waals surface area contributed by atoms with Crippen molar-refractivity contribution in [3.63, 3.8) is 0 Å². The van der Waals surface area contributed by atoms with Crippen LogP contribution in [0.2, 0.25) is 0 Å². The number of carbonyl (C=O) groups is 1. The Balaban J connectivity index is 2.25. The third-order valence-electron chi connectivity index (χ3n) is 2.27. The zero-order valence-corrected chi connectivity index (χ0v) is 9.54. The smallest absolute Gasteiger partial charge is 0.179 e. The number of thiophene rings is 1. The van der Waals surface area contributed by atoms with Crippen molar-refractivity contribution in [1.29, 1.82) is 0 Å². The highest BCUT2D eigenvalue weighted by molar-refractivity contribution is 7.07. The zero-order valence-electron chi connectivity index (χ0n) is 8.73. The molecule has 0 N–H and O–H groups in total. The number of hydrogen-bond acceptors (Lipinski definition) is 3. The summed E-state index contributed by atoms with van der Waals surface area (Å²) >= 11 is 1.68. The maximum Gasteiger partial charge on any atom is 0.179 e. The number of Topliss-reactive ketones (excluding diaryl/α,β-unsaturated/α-hetero) is 1. The van der Waals surface area contributed by atoms with Crippen LogP contribution in [0.3, 0.4) is 0 Å². The monoisotopic (exact) mass is 220 g/mol. The number of imidazole rings is 1. The summed E-state index contributed by atoms with van der Waals surface area (Å²) in [5.41, 5.74) is 1.79. The summed E-state index contributed by atoms with van der Waals surface area (Å²) in [7, 11) is 0. The van der Waals surface area contributed by atoms with Crippen LogP contribution in [-0.2, 0) is 6.54 Å². The molecule has 0 aromatic carbocycles. The molecular formula is C11H12N2OS. The number of ketones is 1. The molecule has 0 atom stereocenters. The number of aromatic nitrogens is 2. The molecule has 2 rings (SSSR count). The van der Waals surface area contributed by atoms with Gasteiger partial charge in [-0.25, -0.2) is 4.98 Å². The Hall–Kier alpha value is -1.42. The van der Waals surface area contributed by atoms with E-state index in [4.69, 9.17) is 0 Å². The van der Waals surface area contributed by atoms with Gasteiger partial charge in [-0.2, -0.15) is 11.3 Å². The van der Waals surface area contributed by atoms with E-state index >= 15 is 0 Å². The summed E-state index contributed by atoms with van der Waals surface area (Å²) in [6.07, 6.45) is 1.81. The highest BCUT2D eigenvalue weighted by Gasteiger charge is 2.07. The fraction of sp³-hybridized carbons (Fsp3) is 0.273. The van der Waals surface area contributed by atoms with E-state index in [0.29, 0.717) is 5.69 Å². The quantitative estimate of drug-likeness (QED) is 0.745. The van der Waals surface area contributed by atoms with Crippen molar-refractivity contribution < 1.29 is 4.79 Å². The highest BCUT2D eigenvalue weighted by atomic mass is 32.1. The van der Waals surface area contributed by atoms with Gasteiger partial charge in [-0.3, -0.25) is 4.79 Å². The Labute approximate surface area is 92.4 Å². The summed E-state index contributed by atoms with van der Waals surface area (Å²) < 4.78 is 2.00. The lowest BCUT2D eigenvalue weighted by Crippen LogP contribution is -1.99. The third kappa shape index (κ3) is 2.15. The van der Waals surface area contributed by atoms with Gasteiger partial charge < -0.3 is 4.57 Å². The minimum atomic E-state index is 0.0159. The van der Waals surface area contributed by atoms with Crippen LogP contribution < -0.4 is 0 Å². The second kappa shape index (κ2) is 3.98. The molecule has 0 saturated carbocycles. The summed E-state index contributed by atoms with van der Waals surface area (Å²) in [5, 5.41) is 4.15. The molecule has 0 aliphatic heterocycles. The third-order valence-corrected chi connectivity index (χ3v) is 3.00. The number of hydrogen-bond donors (Lipinski definition) is 0. The van der Waals surface area contributed by atoms with Crippen molar-refractivity contribution in [3.05, 3.63) is 40.1 Å². The van der Waals surface area contributed by atoms with Gasteiger partial charge >= 0.3 is 0 Å². The fourth-order valence-electron chi connectivity index (χ4n) is 1.42. The lowest BCUT2D eigenvalue weighted by atomic mass is 10.3. The van der Waals surface area contributed by atoms with E-state index in [-0.39, 0.29) is 5.78 Å². The molecule has 0 saturated heterocycles. The second-order valence-electron chi connectivity index (χ2n) is 3.49. The molecular weight excluding hydrogens is 208 g/mol. The molecule has 0 amide bonds. The van der Waals surface area contributed by atoms with Gasteiger partial charge in [0.2, 0.25) is 0 Å². The molecule has 78 valence electrons. The van der Waals surface area contributed by atoms with Gasteiger partial charge in [-0.15, -0.1) is 0 Å². The van der Waals surface area contributed by atoms with E-state index in [9.17, 15) is 4.79 Å². The van der Waals surface area contributed by atoms with Crippen LogP contribution in [0.4, 0.5) is 0 Å². The Morgan fingerprint density at radius 1 is 1.60 bits per heavy atom. The Bertz CT molecular complexity index is 471. The first kappa shape index (κ1) is 10.1. The molecule has 2 heterocycles. The minimum Gasteiger partial charge on any atom is -0.330 e.